The van der Waals surface area contributed by atoms with Gasteiger partial charge in [-0.15, -0.1) is 11.8 Å². The van der Waals surface area contributed by atoms with E-state index in [-0.39, 0.29) is 11.8 Å². The average molecular weight is 321 g/mol. The monoisotopic (exact) mass is 319 g/mol. The van der Waals surface area contributed by atoms with Gasteiger partial charge >= 0.3 is 0 Å². The van der Waals surface area contributed by atoms with Crippen molar-refractivity contribution in [3.05, 3.63) is 27.7 Å². The zero-order valence-corrected chi connectivity index (χ0v) is 11.2. The molecular formula is C10H7BrClNO2S. The van der Waals surface area contributed by atoms with E-state index in [2.05, 4.69) is 15.9 Å². The lowest BCUT2D eigenvalue weighted by Crippen LogP contribution is -2.43. The Morgan fingerprint density at radius 3 is 2.50 bits per heavy atom. The first-order valence-electron chi connectivity index (χ1n) is 4.48. The molecule has 1 aromatic rings. The smallest absolute Gasteiger partial charge is 0.243 e. The molecule has 1 heterocycles. The van der Waals surface area contributed by atoms with Gasteiger partial charge in [0.15, 0.2) is 0 Å². The van der Waals surface area contributed by atoms with Crippen LogP contribution in [0.5, 0.6) is 0 Å². The van der Waals surface area contributed by atoms with Crippen molar-refractivity contribution in [2.75, 3.05) is 16.4 Å². The highest BCUT2D eigenvalue weighted by atomic mass is 79.9. The maximum absolute atomic E-state index is 11.7. The first kappa shape index (κ1) is 12.0. The van der Waals surface area contributed by atoms with Crippen LogP contribution in [0.4, 0.5) is 5.69 Å². The van der Waals surface area contributed by atoms with E-state index in [1.807, 2.05) is 0 Å². The number of halogens is 2. The second kappa shape index (κ2) is 4.77. The van der Waals surface area contributed by atoms with Crippen LogP contribution < -0.4 is 4.90 Å². The standard InChI is InChI=1S/C10H7BrClNO2S/c11-6-1-2-7(12)8(3-6)13-9(14)4-16-5-10(13)15/h1-3H,4-5H2. The highest BCUT2D eigenvalue weighted by Crippen LogP contribution is 2.31. The van der Waals surface area contributed by atoms with Gasteiger partial charge in [-0.1, -0.05) is 27.5 Å². The molecule has 0 atom stereocenters. The Bertz CT molecular complexity index is 450. The largest absolute Gasteiger partial charge is 0.273 e. The Kier molecular flexibility index (Phi) is 3.56. The molecule has 0 aliphatic carbocycles. The molecule has 1 saturated heterocycles. The van der Waals surface area contributed by atoms with Crippen LogP contribution in [0.25, 0.3) is 0 Å². The zero-order valence-electron chi connectivity index (χ0n) is 8.07. The molecule has 6 heteroatoms. The Morgan fingerprint density at radius 1 is 1.25 bits per heavy atom. The molecular weight excluding hydrogens is 314 g/mol. The fourth-order valence-corrected chi connectivity index (χ4v) is 2.68. The molecule has 0 unspecified atom stereocenters. The minimum atomic E-state index is -0.221. The van der Waals surface area contributed by atoms with Gasteiger partial charge in [-0.05, 0) is 18.2 Å². The van der Waals surface area contributed by atoms with Crippen LogP contribution >= 0.6 is 39.3 Å². The highest BCUT2D eigenvalue weighted by molar-refractivity contribution is 9.10. The summed E-state index contributed by atoms with van der Waals surface area (Å²) in [4.78, 5) is 24.5. The first-order valence-corrected chi connectivity index (χ1v) is 6.81. The van der Waals surface area contributed by atoms with Crippen molar-refractivity contribution in [2.24, 2.45) is 0 Å². The second-order valence-corrected chi connectivity index (χ2v) is 5.52. The van der Waals surface area contributed by atoms with Gasteiger partial charge in [0, 0.05) is 4.47 Å². The van der Waals surface area contributed by atoms with Gasteiger partial charge < -0.3 is 0 Å². The number of carbonyl (C=O) groups excluding carboxylic acids is 2. The summed E-state index contributed by atoms with van der Waals surface area (Å²) in [5, 5.41) is 0.400. The van der Waals surface area contributed by atoms with Gasteiger partial charge in [0.25, 0.3) is 0 Å². The molecule has 16 heavy (non-hydrogen) atoms. The number of anilines is 1. The minimum Gasteiger partial charge on any atom is -0.273 e. The van der Waals surface area contributed by atoms with Crippen LogP contribution in [-0.4, -0.2) is 23.3 Å². The summed E-state index contributed by atoms with van der Waals surface area (Å²) in [6.45, 7) is 0. The number of thioether (sulfide) groups is 1. The van der Waals surface area contributed by atoms with Gasteiger partial charge in [-0.3, -0.25) is 9.59 Å². The van der Waals surface area contributed by atoms with Gasteiger partial charge in [0.1, 0.15) is 0 Å². The fraction of sp³-hybridized carbons (Fsp3) is 0.200. The molecule has 1 aliphatic heterocycles. The quantitative estimate of drug-likeness (QED) is 0.747. The number of carbonyl (C=O) groups is 2. The van der Waals surface area contributed by atoms with Gasteiger partial charge in [0.05, 0.1) is 22.2 Å². The number of rotatable bonds is 1. The fourth-order valence-electron chi connectivity index (χ4n) is 1.42. The summed E-state index contributed by atoms with van der Waals surface area (Å²) in [7, 11) is 0. The molecule has 0 saturated carbocycles. The molecule has 1 aromatic carbocycles. The van der Waals surface area contributed by atoms with E-state index in [0.717, 1.165) is 9.37 Å². The van der Waals surface area contributed by atoms with E-state index in [0.29, 0.717) is 22.2 Å². The van der Waals surface area contributed by atoms with Crippen molar-refractivity contribution in [3.8, 4) is 0 Å². The second-order valence-electron chi connectivity index (χ2n) is 3.21. The van der Waals surface area contributed by atoms with E-state index < -0.39 is 0 Å². The first-order chi connectivity index (χ1) is 7.59. The summed E-state index contributed by atoms with van der Waals surface area (Å²) in [6, 6.07) is 5.09. The molecule has 1 aliphatic rings. The molecule has 2 rings (SSSR count). The Morgan fingerprint density at radius 2 is 1.88 bits per heavy atom. The molecule has 0 bridgehead atoms. The third-order valence-corrected chi connectivity index (χ3v) is 3.81. The number of amides is 2. The Balaban J connectivity index is 2.45. The molecule has 1 fully saturated rings. The summed E-state index contributed by atoms with van der Waals surface area (Å²) < 4.78 is 0.783. The summed E-state index contributed by atoms with van der Waals surface area (Å²) in [6.07, 6.45) is 0. The average Bonchev–Trinajstić information content (AvgIpc) is 2.23. The minimum absolute atomic E-state index is 0.221. The summed E-state index contributed by atoms with van der Waals surface area (Å²) >= 11 is 10.6. The van der Waals surface area contributed by atoms with E-state index >= 15 is 0 Å². The van der Waals surface area contributed by atoms with Crippen molar-refractivity contribution in [1.82, 2.24) is 0 Å². The van der Waals surface area contributed by atoms with Gasteiger partial charge in [-0.25, -0.2) is 4.90 Å². The zero-order chi connectivity index (χ0) is 11.7. The maximum atomic E-state index is 11.7. The van der Waals surface area contributed by atoms with E-state index in [1.54, 1.807) is 18.2 Å². The number of benzene rings is 1. The van der Waals surface area contributed by atoms with E-state index in [4.69, 9.17) is 11.6 Å². The predicted molar refractivity (Wildman–Crippen MR) is 69.0 cm³/mol. The predicted octanol–water partition coefficient (Wildman–Crippen LogP) is 2.71. The van der Waals surface area contributed by atoms with E-state index in [1.165, 1.54) is 11.8 Å². The Hall–Kier alpha value is -0.520. The van der Waals surface area contributed by atoms with Crippen LogP contribution in [0, 0.1) is 0 Å². The summed E-state index contributed by atoms with van der Waals surface area (Å²) in [5.74, 6) is 0.186. The summed E-state index contributed by atoms with van der Waals surface area (Å²) in [5.41, 5.74) is 0.450. The van der Waals surface area contributed by atoms with Gasteiger partial charge in [0.2, 0.25) is 11.8 Å². The molecule has 84 valence electrons. The third kappa shape index (κ3) is 2.26. The van der Waals surface area contributed by atoms with Crippen LogP contribution in [0.1, 0.15) is 0 Å². The molecule has 0 spiro atoms. The maximum Gasteiger partial charge on any atom is 0.243 e. The Labute approximate surface area is 110 Å². The topological polar surface area (TPSA) is 37.4 Å². The lowest BCUT2D eigenvalue weighted by Gasteiger charge is -2.25. The lowest BCUT2D eigenvalue weighted by molar-refractivity contribution is -0.124. The van der Waals surface area contributed by atoms with Gasteiger partial charge in [-0.2, -0.15) is 0 Å². The van der Waals surface area contributed by atoms with Crippen LogP contribution in [0.15, 0.2) is 22.7 Å². The molecule has 3 nitrogen and oxygen atoms in total. The lowest BCUT2D eigenvalue weighted by atomic mass is 10.2. The number of nitrogens with zero attached hydrogens (tertiary/aromatic N) is 1. The van der Waals surface area contributed by atoms with Crippen LogP contribution in [0.2, 0.25) is 5.02 Å². The number of imide groups is 1. The third-order valence-electron chi connectivity index (χ3n) is 2.10. The van der Waals surface area contributed by atoms with Crippen LogP contribution in [0.3, 0.4) is 0 Å². The van der Waals surface area contributed by atoms with Crippen molar-refractivity contribution < 1.29 is 9.59 Å². The SMILES string of the molecule is O=C1CSCC(=O)N1c1cc(Br)ccc1Cl. The van der Waals surface area contributed by atoms with Crippen LogP contribution in [-0.2, 0) is 9.59 Å². The normalized spacial score (nSPS) is 16.8. The van der Waals surface area contributed by atoms with Crippen molar-refractivity contribution >= 4 is 56.8 Å². The molecule has 0 radical (unpaired) electrons. The number of hydrogen-bond donors (Lipinski definition) is 0. The molecule has 2 amide bonds. The van der Waals surface area contributed by atoms with Crippen molar-refractivity contribution in [3.63, 3.8) is 0 Å². The van der Waals surface area contributed by atoms with Crippen molar-refractivity contribution in [1.29, 1.82) is 0 Å². The number of hydrogen-bond acceptors (Lipinski definition) is 3. The van der Waals surface area contributed by atoms with E-state index in [9.17, 15) is 9.59 Å². The van der Waals surface area contributed by atoms with Crippen molar-refractivity contribution in [2.45, 2.75) is 0 Å². The highest BCUT2D eigenvalue weighted by Gasteiger charge is 2.29. The molecule has 0 aromatic heterocycles. The molecule has 0 N–H and O–H groups in total.